The normalized spacial score (nSPS) is 37.6. The molecule has 2 aliphatic rings. The second-order valence-corrected chi connectivity index (χ2v) is 3.74. The summed E-state index contributed by atoms with van der Waals surface area (Å²) in [6.45, 7) is 5.29. The van der Waals surface area contributed by atoms with E-state index >= 15 is 0 Å². The van der Waals surface area contributed by atoms with E-state index in [4.69, 9.17) is 15.2 Å². The van der Waals surface area contributed by atoms with E-state index in [0.717, 1.165) is 45.9 Å². The quantitative estimate of drug-likeness (QED) is 0.596. The van der Waals surface area contributed by atoms with Crippen molar-refractivity contribution in [2.75, 3.05) is 39.5 Å². The van der Waals surface area contributed by atoms with Crippen LogP contribution in [-0.2, 0) is 9.47 Å². The van der Waals surface area contributed by atoms with Gasteiger partial charge in [-0.25, -0.2) is 0 Å². The van der Waals surface area contributed by atoms with Crippen LogP contribution >= 0.6 is 0 Å². The van der Waals surface area contributed by atoms with Gasteiger partial charge in [-0.3, -0.25) is 4.90 Å². The van der Waals surface area contributed by atoms with E-state index in [2.05, 4.69) is 4.90 Å². The highest BCUT2D eigenvalue weighted by Crippen LogP contribution is 2.13. The van der Waals surface area contributed by atoms with Gasteiger partial charge in [0.2, 0.25) is 0 Å². The molecule has 2 heterocycles. The molecular weight excluding hydrogens is 168 g/mol. The maximum Gasteiger partial charge on any atom is 0.0636 e. The average Bonchev–Trinajstić information content (AvgIpc) is 2.20. The molecule has 0 saturated carbocycles. The molecule has 2 aliphatic heterocycles. The highest BCUT2D eigenvalue weighted by molar-refractivity contribution is 4.85. The van der Waals surface area contributed by atoms with Gasteiger partial charge in [-0.15, -0.1) is 0 Å². The Morgan fingerprint density at radius 2 is 1.85 bits per heavy atom. The summed E-state index contributed by atoms with van der Waals surface area (Å²) in [5, 5.41) is 0. The van der Waals surface area contributed by atoms with Crippen LogP contribution in [0, 0.1) is 0 Å². The molecule has 0 aromatic carbocycles. The van der Waals surface area contributed by atoms with Crippen molar-refractivity contribution < 1.29 is 9.47 Å². The molecule has 2 N–H and O–H groups in total. The summed E-state index contributed by atoms with van der Waals surface area (Å²) in [6, 6.07) is 0.699. The summed E-state index contributed by atoms with van der Waals surface area (Å²) >= 11 is 0. The maximum absolute atomic E-state index is 6.05. The van der Waals surface area contributed by atoms with E-state index < -0.39 is 0 Å². The third kappa shape index (κ3) is 2.20. The van der Waals surface area contributed by atoms with Crippen LogP contribution in [0.2, 0.25) is 0 Å². The van der Waals surface area contributed by atoms with Crippen molar-refractivity contribution in [3.63, 3.8) is 0 Å². The molecule has 0 amide bonds. The van der Waals surface area contributed by atoms with Gasteiger partial charge < -0.3 is 15.2 Å². The SMILES string of the molecule is N[C@@H]1CCOC[C@@H]1N1CCOCC1. The summed E-state index contributed by atoms with van der Waals surface area (Å²) in [5.41, 5.74) is 6.05. The van der Waals surface area contributed by atoms with Crippen LogP contribution in [0.5, 0.6) is 0 Å². The van der Waals surface area contributed by atoms with Crippen molar-refractivity contribution in [3.05, 3.63) is 0 Å². The summed E-state index contributed by atoms with van der Waals surface area (Å²) in [5.74, 6) is 0. The van der Waals surface area contributed by atoms with Gasteiger partial charge in [0.15, 0.2) is 0 Å². The Labute approximate surface area is 79.0 Å². The molecule has 2 saturated heterocycles. The zero-order chi connectivity index (χ0) is 9.10. The lowest BCUT2D eigenvalue weighted by molar-refractivity contribution is -0.0392. The lowest BCUT2D eigenvalue weighted by atomic mass is 10.0. The van der Waals surface area contributed by atoms with E-state index in [-0.39, 0.29) is 6.04 Å². The first-order valence-corrected chi connectivity index (χ1v) is 5.03. The first-order chi connectivity index (χ1) is 6.38. The Morgan fingerprint density at radius 1 is 1.08 bits per heavy atom. The second-order valence-electron chi connectivity index (χ2n) is 3.74. The number of hydrogen-bond donors (Lipinski definition) is 1. The molecule has 0 spiro atoms. The first kappa shape index (κ1) is 9.40. The van der Waals surface area contributed by atoms with Gasteiger partial charge in [0, 0.05) is 31.8 Å². The fourth-order valence-corrected chi connectivity index (χ4v) is 2.02. The van der Waals surface area contributed by atoms with Crippen molar-refractivity contribution in [2.45, 2.75) is 18.5 Å². The zero-order valence-corrected chi connectivity index (χ0v) is 7.95. The Kier molecular flexibility index (Phi) is 3.16. The van der Waals surface area contributed by atoms with E-state index in [1.54, 1.807) is 0 Å². The summed E-state index contributed by atoms with van der Waals surface area (Å²) in [4.78, 5) is 2.40. The molecule has 2 rings (SSSR count). The largest absolute Gasteiger partial charge is 0.380 e. The Bertz CT molecular complexity index is 160. The van der Waals surface area contributed by atoms with Crippen molar-refractivity contribution in [3.8, 4) is 0 Å². The fourth-order valence-electron chi connectivity index (χ4n) is 2.02. The van der Waals surface area contributed by atoms with E-state index in [0.29, 0.717) is 6.04 Å². The molecule has 0 radical (unpaired) electrons. The van der Waals surface area contributed by atoms with E-state index in [1.165, 1.54) is 0 Å². The van der Waals surface area contributed by atoms with Gasteiger partial charge in [-0.05, 0) is 6.42 Å². The molecule has 0 aromatic heterocycles. The summed E-state index contributed by atoms with van der Waals surface area (Å²) in [7, 11) is 0. The summed E-state index contributed by atoms with van der Waals surface area (Å²) in [6.07, 6.45) is 0.988. The molecule has 0 bridgehead atoms. The minimum absolute atomic E-state index is 0.284. The molecule has 0 unspecified atom stereocenters. The smallest absolute Gasteiger partial charge is 0.0636 e. The molecule has 2 atom stereocenters. The van der Waals surface area contributed by atoms with Crippen LogP contribution in [0.15, 0.2) is 0 Å². The molecule has 4 heteroatoms. The van der Waals surface area contributed by atoms with Crippen LogP contribution in [0.25, 0.3) is 0 Å². The number of nitrogens with two attached hydrogens (primary N) is 1. The number of ether oxygens (including phenoxy) is 2. The fraction of sp³-hybridized carbons (Fsp3) is 1.00. The number of hydrogen-bond acceptors (Lipinski definition) is 4. The minimum atomic E-state index is 0.284. The van der Waals surface area contributed by atoms with E-state index in [9.17, 15) is 0 Å². The van der Waals surface area contributed by atoms with Crippen LogP contribution in [-0.4, -0.2) is 56.5 Å². The number of nitrogens with zero attached hydrogens (tertiary/aromatic N) is 1. The molecule has 2 fully saturated rings. The van der Waals surface area contributed by atoms with Gasteiger partial charge in [-0.1, -0.05) is 0 Å². The lowest BCUT2D eigenvalue weighted by Gasteiger charge is -2.39. The standard InChI is InChI=1S/C9H18N2O2/c10-8-1-4-13-7-9(8)11-2-5-12-6-3-11/h8-9H,1-7,10H2/t8-,9+/m1/s1. The summed E-state index contributed by atoms with van der Waals surface area (Å²) < 4.78 is 10.7. The monoisotopic (exact) mass is 186 g/mol. The predicted molar refractivity (Wildman–Crippen MR) is 49.6 cm³/mol. The maximum atomic E-state index is 6.05. The van der Waals surface area contributed by atoms with Crippen LogP contribution in [0.1, 0.15) is 6.42 Å². The van der Waals surface area contributed by atoms with Crippen molar-refractivity contribution in [1.29, 1.82) is 0 Å². The van der Waals surface area contributed by atoms with Gasteiger partial charge in [0.1, 0.15) is 0 Å². The highest BCUT2D eigenvalue weighted by atomic mass is 16.5. The van der Waals surface area contributed by atoms with Gasteiger partial charge in [0.25, 0.3) is 0 Å². The van der Waals surface area contributed by atoms with Crippen molar-refractivity contribution in [1.82, 2.24) is 4.90 Å². The molecule has 76 valence electrons. The van der Waals surface area contributed by atoms with Gasteiger partial charge >= 0.3 is 0 Å². The Balaban J connectivity index is 1.88. The predicted octanol–water partition coefficient (Wildman–Crippen LogP) is -0.565. The average molecular weight is 186 g/mol. The van der Waals surface area contributed by atoms with Crippen molar-refractivity contribution in [2.24, 2.45) is 5.73 Å². The topological polar surface area (TPSA) is 47.7 Å². The Hall–Kier alpha value is -0.160. The Morgan fingerprint density at radius 3 is 2.54 bits per heavy atom. The first-order valence-electron chi connectivity index (χ1n) is 5.03. The second kappa shape index (κ2) is 4.37. The van der Waals surface area contributed by atoms with Crippen LogP contribution in [0.3, 0.4) is 0 Å². The molecule has 13 heavy (non-hydrogen) atoms. The third-order valence-electron chi connectivity index (χ3n) is 2.89. The van der Waals surface area contributed by atoms with Gasteiger partial charge in [0.05, 0.1) is 19.8 Å². The molecule has 4 nitrogen and oxygen atoms in total. The minimum Gasteiger partial charge on any atom is -0.380 e. The van der Waals surface area contributed by atoms with Gasteiger partial charge in [-0.2, -0.15) is 0 Å². The molecular formula is C9H18N2O2. The van der Waals surface area contributed by atoms with Crippen LogP contribution < -0.4 is 5.73 Å². The zero-order valence-electron chi connectivity index (χ0n) is 7.95. The van der Waals surface area contributed by atoms with Crippen LogP contribution in [0.4, 0.5) is 0 Å². The van der Waals surface area contributed by atoms with E-state index in [1.807, 2.05) is 0 Å². The van der Waals surface area contributed by atoms with Crippen molar-refractivity contribution >= 4 is 0 Å². The third-order valence-corrected chi connectivity index (χ3v) is 2.89. The number of rotatable bonds is 1. The molecule has 0 aliphatic carbocycles. The highest BCUT2D eigenvalue weighted by Gasteiger charge is 2.29. The molecule has 0 aromatic rings. The number of morpholine rings is 1. The lowest BCUT2D eigenvalue weighted by Crippen LogP contribution is -2.56.